The number of hydrogen-bond donors (Lipinski definition) is 0. The summed E-state index contributed by atoms with van der Waals surface area (Å²) in [6, 6.07) is 13.4. The van der Waals surface area contributed by atoms with Gasteiger partial charge in [-0.2, -0.15) is 0 Å². The largest absolute Gasteiger partial charge is 0.381 e. The van der Waals surface area contributed by atoms with Crippen molar-refractivity contribution >= 4 is 11.5 Å². The second-order valence-corrected chi connectivity index (χ2v) is 12.4. The molecule has 2 aliphatic rings. The average Bonchev–Trinajstić information content (AvgIpc) is 2.87. The van der Waals surface area contributed by atoms with E-state index in [1.54, 1.807) is 0 Å². The Morgan fingerprint density at radius 3 is 2.34 bits per heavy atom. The van der Waals surface area contributed by atoms with Crippen LogP contribution < -0.4 is 9.80 Å². The van der Waals surface area contributed by atoms with E-state index in [2.05, 4.69) is 94.7 Å². The van der Waals surface area contributed by atoms with Gasteiger partial charge in [0.15, 0.2) is 5.82 Å². The van der Waals surface area contributed by atoms with E-state index >= 15 is 0 Å². The van der Waals surface area contributed by atoms with Gasteiger partial charge in [0.2, 0.25) is 0 Å². The molecule has 1 fully saturated rings. The van der Waals surface area contributed by atoms with Gasteiger partial charge in [-0.25, -0.2) is 9.97 Å². The number of hydrogen-bond acceptors (Lipinski definition) is 5. The van der Waals surface area contributed by atoms with Crippen LogP contribution in [-0.2, 0) is 17.7 Å². The minimum absolute atomic E-state index is 0.0418. The van der Waals surface area contributed by atoms with Crippen molar-refractivity contribution in [1.29, 1.82) is 0 Å². The SMILES string of the molecule is CO[C@H]1CCN(c2nc(-c3c(C)cccc3C)nc3c2CN(c2cc(C(C)C)ccc2C)CC3)CC1(C)C. The monoisotopic (exact) mass is 512 g/mol. The van der Waals surface area contributed by atoms with E-state index in [0.29, 0.717) is 5.92 Å². The van der Waals surface area contributed by atoms with Crippen LogP contribution in [0.2, 0.25) is 0 Å². The summed E-state index contributed by atoms with van der Waals surface area (Å²) in [6.45, 7) is 19.4. The fraction of sp³-hybridized carbons (Fsp3) is 0.515. The van der Waals surface area contributed by atoms with Gasteiger partial charge in [-0.1, -0.05) is 58.0 Å². The first-order valence-electron chi connectivity index (χ1n) is 14.2. The first-order valence-corrected chi connectivity index (χ1v) is 14.2. The molecule has 0 aliphatic carbocycles. The van der Waals surface area contributed by atoms with Crippen molar-refractivity contribution in [3.63, 3.8) is 0 Å². The number of aromatic nitrogens is 2. The van der Waals surface area contributed by atoms with Crippen molar-refractivity contribution in [1.82, 2.24) is 9.97 Å². The molecule has 2 aliphatic heterocycles. The molecule has 3 aromatic rings. The summed E-state index contributed by atoms with van der Waals surface area (Å²) >= 11 is 0. The molecular weight excluding hydrogens is 468 g/mol. The van der Waals surface area contributed by atoms with E-state index in [1.807, 2.05) is 7.11 Å². The van der Waals surface area contributed by atoms with Crippen molar-refractivity contribution in [2.75, 3.05) is 36.5 Å². The van der Waals surface area contributed by atoms with E-state index < -0.39 is 0 Å². The predicted octanol–water partition coefficient (Wildman–Crippen LogP) is 7.01. The van der Waals surface area contributed by atoms with E-state index in [1.165, 1.54) is 44.8 Å². The van der Waals surface area contributed by atoms with Gasteiger partial charge >= 0.3 is 0 Å². The van der Waals surface area contributed by atoms with E-state index in [0.717, 1.165) is 50.7 Å². The summed E-state index contributed by atoms with van der Waals surface area (Å²) in [5.41, 5.74) is 10.2. The Morgan fingerprint density at radius 2 is 1.68 bits per heavy atom. The summed E-state index contributed by atoms with van der Waals surface area (Å²) in [5, 5.41) is 0. The summed E-state index contributed by atoms with van der Waals surface area (Å²) < 4.78 is 5.88. The van der Waals surface area contributed by atoms with E-state index in [9.17, 15) is 0 Å². The molecule has 5 heteroatoms. The smallest absolute Gasteiger partial charge is 0.162 e. The zero-order valence-electron chi connectivity index (χ0n) is 24.6. The Bertz CT molecular complexity index is 1310. The lowest BCUT2D eigenvalue weighted by Crippen LogP contribution is -2.50. The van der Waals surface area contributed by atoms with Crippen LogP contribution in [0, 0.1) is 26.2 Å². The Labute approximate surface area is 229 Å². The zero-order valence-corrected chi connectivity index (χ0v) is 24.6. The van der Waals surface area contributed by atoms with Crippen molar-refractivity contribution in [2.45, 2.75) is 79.9 Å². The molecule has 38 heavy (non-hydrogen) atoms. The maximum Gasteiger partial charge on any atom is 0.162 e. The molecule has 0 bridgehead atoms. The zero-order chi connectivity index (χ0) is 27.2. The first kappa shape index (κ1) is 26.7. The molecule has 0 unspecified atom stereocenters. The van der Waals surface area contributed by atoms with Crippen molar-refractivity contribution in [3.8, 4) is 11.4 Å². The standard InChI is InChI=1S/C33H44N4O/c1-21(2)25-13-12-22(3)28(18-25)36-16-14-27-26(19-36)32(37-17-15-29(38-8)33(6,7)20-37)35-31(34-27)30-23(4)10-9-11-24(30)5/h9-13,18,21,29H,14-17,19-20H2,1-8H3/t29-/m0/s1. The Balaban J connectivity index is 1.61. The van der Waals surface area contributed by atoms with Gasteiger partial charge in [0.25, 0.3) is 0 Å². The van der Waals surface area contributed by atoms with Gasteiger partial charge in [-0.15, -0.1) is 0 Å². The number of ether oxygens (including phenoxy) is 1. The fourth-order valence-electron chi connectivity index (χ4n) is 6.42. The molecule has 0 spiro atoms. The minimum Gasteiger partial charge on any atom is -0.381 e. The van der Waals surface area contributed by atoms with Crippen molar-refractivity contribution in [3.05, 3.63) is 69.9 Å². The van der Waals surface area contributed by atoms with Crippen LogP contribution in [0.4, 0.5) is 11.5 Å². The summed E-state index contributed by atoms with van der Waals surface area (Å²) in [7, 11) is 1.85. The molecule has 1 aromatic heterocycles. The highest BCUT2D eigenvalue weighted by molar-refractivity contribution is 5.68. The Kier molecular flexibility index (Phi) is 7.25. The second kappa shape index (κ2) is 10.3. The molecule has 2 aromatic carbocycles. The topological polar surface area (TPSA) is 41.5 Å². The molecule has 5 nitrogen and oxygen atoms in total. The lowest BCUT2D eigenvalue weighted by Gasteiger charge is -2.45. The third-order valence-electron chi connectivity index (χ3n) is 8.70. The van der Waals surface area contributed by atoms with E-state index in [-0.39, 0.29) is 11.5 Å². The number of benzene rings is 2. The third-order valence-corrected chi connectivity index (χ3v) is 8.70. The lowest BCUT2D eigenvalue weighted by atomic mass is 9.81. The van der Waals surface area contributed by atoms with Crippen LogP contribution in [0.15, 0.2) is 36.4 Å². The maximum atomic E-state index is 5.88. The molecular formula is C33H44N4O. The second-order valence-electron chi connectivity index (χ2n) is 12.4. The fourth-order valence-corrected chi connectivity index (χ4v) is 6.42. The van der Waals surface area contributed by atoms with Gasteiger partial charge in [-0.3, -0.25) is 0 Å². The quantitative estimate of drug-likeness (QED) is 0.368. The third kappa shape index (κ3) is 4.93. The molecule has 202 valence electrons. The minimum atomic E-state index is 0.0418. The number of piperidine rings is 1. The van der Waals surface area contributed by atoms with Gasteiger partial charge in [0.1, 0.15) is 5.82 Å². The highest BCUT2D eigenvalue weighted by Crippen LogP contribution is 2.39. The van der Waals surface area contributed by atoms with Gasteiger partial charge in [-0.05, 0) is 61.4 Å². The molecule has 1 atom stereocenters. The van der Waals surface area contributed by atoms with E-state index in [4.69, 9.17) is 14.7 Å². The molecule has 0 amide bonds. The summed E-state index contributed by atoms with van der Waals surface area (Å²) in [6.07, 6.45) is 2.18. The van der Waals surface area contributed by atoms with Crippen LogP contribution in [0.5, 0.6) is 0 Å². The molecule has 0 N–H and O–H groups in total. The summed E-state index contributed by atoms with van der Waals surface area (Å²) in [4.78, 5) is 15.6. The normalized spacial score (nSPS) is 19.1. The summed E-state index contributed by atoms with van der Waals surface area (Å²) in [5.74, 6) is 2.49. The van der Waals surface area contributed by atoms with Crippen molar-refractivity contribution in [2.24, 2.45) is 5.41 Å². The molecule has 5 rings (SSSR count). The predicted molar refractivity (Wildman–Crippen MR) is 158 cm³/mol. The van der Waals surface area contributed by atoms with Crippen LogP contribution >= 0.6 is 0 Å². The lowest BCUT2D eigenvalue weighted by molar-refractivity contribution is -0.00647. The van der Waals surface area contributed by atoms with Gasteiger partial charge < -0.3 is 14.5 Å². The number of anilines is 2. The Hall–Kier alpha value is -2.92. The molecule has 3 heterocycles. The number of methoxy groups -OCH3 is 1. The van der Waals surface area contributed by atoms with Crippen molar-refractivity contribution < 1.29 is 4.74 Å². The van der Waals surface area contributed by atoms with Crippen LogP contribution in [-0.4, -0.2) is 42.8 Å². The highest BCUT2D eigenvalue weighted by atomic mass is 16.5. The van der Waals surface area contributed by atoms with Gasteiger partial charge in [0.05, 0.1) is 11.8 Å². The highest BCUT2D eigenvalue weighted by Gasteiger charge is 2.38. The van der Waals surface area contributed by atoms with Crippen LogP contribution in [0.1, 0.15) is 73.5 Å². The Morgan fingerprint density at radius 1 is 0.947 bits per heavy atom. The molecule has 1 saturated heterocycles. The molecule has 0 radical (unpaired) electrons. The first-order chi connectivity index (χ1) is 18.1. The number of aryl methyl sites for hydroxylation is 3. The van der Waals surface area contributed by atoms with Crippen LogP contribution in [0.3, 0.4) is 0 Å². The maximum absolute atomic E-state index is 5.88. The number of nitrogens with zero attached hydrogens (tertiary/aromatic N) is 4. The average molecular weight is 513 g/mol. The number of rotatable bonds is 5. The van der Waals surface area contributed by atoms with Gasteiger partial charge in [0, 0.05) is 61.9 Å². The number of fused-ring (bicyclic) bond motifs is 1. The molecule has 0 saturated carbocycles. The van der Waals surface area contributed by atoms with Crippen LogP contribution in [0.25, 0.3) is 11.4 Å².